The first-order chi connectivity index (χ1) is 6.33. The van der Waals surface area contributed by atoms with E-state index in [1.54, 1.807) is 0 Å². The highest BCUT2D eigenvalue weighted by molar-refractivity contribution is 7.99. The van der Waals surface area contributed by atoms with Crippen molar-refractivity contribution in [3.8, 4) is 0 Å². The van der Waals surface area contributed by atoms with Crippen LogP contribution in [0.2, 0.25) is 0 Å². The van der Waals surface area contributed by atoms with Crippen molar-refractivity contribution in [1.82, 2.24) is 0 Å². The number of carbonyl (C=O) groups excluding carboxylic acids is 1. The van der Waals surface area contributed by atoms with E-state index in [9.17, 15) is 4.79 Å². The van der Waals surface area contributed by atoms with Crippen molar-refractivity contribution >= 4 is 17.5 Å². The third-order valence-corrected chi connectivity index (χ3v) is 3.53. The molecule has 0 bridgehead atoms. The Morgan fingerprint density at radius 1 is 1.46 bits per heavy atom. The van der Waals surface area contributed by atoms with Crippen LogP contribution in [0.1, 0.15) is 29.3 Å². The van der Waals surface area contributed by atoms with E-state index in [0.717, 1.165) is 17.7 Å². The van der Waals surface area contributed by atoms with Crippen molar-refractivity contribution in [2.45, 2.75) is 24.7 Å². The normalized spacial score (nSPS) is 15.6. The predicted octanol–water partition coefficient (Wildman–Crippen LogP) is 2.93. The van der Waals surface area contributed by atoms with Gasteiger partial charge in [0.1, 0.15) is 0 Å². The van der Waals surface area contributed by atoms with Crippen LogP contribution in [0, 0.1) is 0 Å². The molecule has 0 unspecified atom stereocenters. The second kappa shape index (κ2) is 3.54. The van der Waals surface area contributed by atoms with Gasteiger partial charge in [-0.05, 0) is 12.0 Å². The van der Waals surface area contributed by atoms with Crippen molar-refractivity contribution in [3.63, 3.8) is 0 Å². The van der Waals surface area contributed by atoms with Gasteiger partial charge in [0.2, 0.25) is 0 Å². The number of ketones is 1. The molecule has 1 aromatic carbocycles. The Labute approximate surface area is 82.5 Å². The summed E-state index contributed by atoms with van der Waals surface area (Å²) in [4.78, 5) is 12.8. The van der Waals surface area contributed by atoms with E-state index in [0.29, 0.717) is 12.2 Å². The number of thioether (sulfide) groups is 1. The van der Waals surface area contributed by atoms with Crippen molar-refractivity contribution in [1.29, 1.82) is 0 Å². The Hall–Kier alpha value is -0.760. The maximum Gasteiger partial charge on any atom is 0.164 e. The lowest BCUT2D eigenvalue weighted by Gasteiger charge is -2.16. The number of hydrogen-bond acceptors (Lipinski definition) is 2. The van der Waals surface area contributed by atoms with Crippen LogP contribution in [-0.4, -0.2) is 11.5 Å². The third kappa shape index (κ3) is 1.51. The van der Waals surface area contributed by atoms with Crippen molar-refractivity contribution in [2.24, 2.45) is 0 Å². The molecule has 1 aromatic rings. The minimum Gasteiger partial charge on any atom is -0.294 e. The highest BCUT2D eigenvalue weighted by Gasteiger charge is 2.18. The molecular weight excluding hydrogens is 180 g/mol. The summed E-state index contributed by atoms with van der Waals surface area (Å²) < 4.78 is 0. The van der Waals surface area contributed by atoms with Gasteiger partial charge >= 0.3 is 0 Å². The number of rotatable bonds is 1. The average molecular weight is 192 g/mol. The lowest BCUT2D eigenvalue weighted by molar-refractivity contribution is 0.0984. The molecule has 0 saturated carbocycles. The lowest BCUT2D eigenvalue weighted by atomic mass is 10.0. The van der Waals surface area contributed by atoms with Crippen LogP contribution in [0.25, 0.3) is 0 Å². The molecule has 0 spiro atoms. The number of hydrogen-bond donors (Lipinski definition) is 0. The summed E-state index contributed by atoms with van der Waals surface area (Å²) in [5.41, 5.74) is 2.26. The van der Waals surface area contributed by atoms with Crippen LogP contribution in [-0.2, 0) is 6.42 Å². The molecule has 2 heteroatoms. The van der Waals surface area contributed by atoms with E-state index in [1.807, 2.05) is 23.9 Å². The molecule has 0 N–H and O–H groups in total. The first kappa shape index (κ1) is 8.82. The van der Waals surface area contributed by atoms with Crippen LogP contribution in [0.5, 0.6) is 0 Å². The van der Waals surface area contributed by atoms with Gasteiger partial charge in [-0.1, -0.05) is 25.1 Å². The number of carbonyl (C=O) groups is 1. The van der Waals surface area contributed by atoms with Gasteiger partial charge in [-0.3, -0.25) is 4.79 Å². The molecular formula is C11H12OS. The van der Waals surface area contributed by atoms with Crippen molar-refractivity contribution in [3.05, 3.63) is 29.3 Å². The van der Waals surface area contributed by atoms with E-state index in [4.69, 9.17) is 0 Å². The van der Waals surface area contributed by atoms with Gasteiger partial charge in [-0.25, -0.2) is 0 Å². The molecule has 1 aliphatic heterocycles. The lowest BCUT2D eigenvalue weighted by Crippen LogP contribution is -2.09. The van der Waals surface area contributed by atoms with E-state index in [-0.39, 0.29) is 0 Å². The maximum absolute atomic E-state index is 11.5. The Balaban J connectivity index is 2.54. The summed E-state index contributed by atoms with van der Waals surface area (Å²) in [6.07, 6.45) is 1.72. The molecule has 0 amide bonds. The fraction of sp³-hybridized carbons (Fsp3) is 0.364. The van der Waals surface area contributed by atoms with Crippen LogP contribution < -0.4 is 0 Å². The predicted molar refractivity (Wildman–Crippen MR) is 55.5 cm³/mol. The minimum absolute atomic E-state index is 0.309. The molecule has 1 aliphatic rings. The first-order valence-electron chi connectivity index (χ1n) is 4.61. The van der Waals surface area contributed by atoms with E-state index < -0.39 is 0 Å². The van der Waals surface area contributed by atoms with Gasteiger partial charge in [0.25, 0.3) is 0 Å². The number of aryl methyl sites for hydroxylation is 1. The smallest absolute Gasteiger partial charge is 0.164 e. The maximum atomic E-state index is 11.5. The molecule has 0 fully saturated rings. The number of benzene rings is 1. The van der Waals surface area contributed by atoms with Gasteiger partial charge in [0.05, 0.1) is 0 Å². The summed E-state index contributed by atoms with van der Waals surface area (Å²) >= 11 is 1.82. The second-order valence-electron chi connectivity index (χ2n) is 3.17. The van der Waals surface area contributed by atoms with E-state index in [1.165, 1.54) is 10.5 Å². The van der Waals surface area contributed by atoms with Gasteiger partial charge < -0.3 is 0 Å². The zero-order valence-electron chi connectivity index (χ0n) is 7.67. The largest absolute Gasteiger partial charge is 0.294 e. The van der Waals surface area contributed by atoms with E-state index >= 15 is 0 Å². The van der Waals surface area contributed by atoms with Gasteiger partial charge in [-0.15, -0.1) is 11.8 Å². The van der Waals surface area contributed by atoms with Gasteiger partial charge in [0, 0.05) is 22.6 Å². The molecule has 0 aliphatic carbocycles. The van der Waals surface area contributed by atoms with Gasteiger partial charge in [0.15, 0.2) is 5.78 Å². The molecule has 0 aromatic heterocycles. The van der Waals surface area contributed by atoms with Crippen LogP contribution in [0.3, 0.4) is 0 Å². The van der Waals surface area contributed by atoms with E-state index in [2.05, 4.69) is 13.0 Å². The van der Waals surface area contributed by atoms with Crippen molar-refractivity contribution in [2.75, 3.05) is 5.75 Å². The second-order valence-corrected chi connectivity index (χ2v) is 4.27. The zero-order valence-corrected chi connectivity index (χ0v) is 8.49. The molecule has 0 radical (unpaired) electrons. The topological polar surface area (TPSA) is 17.1 Å². The molecule has 2 rings (SSSR count). The Bertz CT molecular complexity index is 344. The molecule has 13 heavy (non-hydrogen) atoms. The summed E-state index contributed by atoms with van der Waals surface area (Å²) in [5, 5.41) is 0. The fourth-order valence-electron chi connectivity index (χ4n) is 1.63. The molecule has 68 valence electrons. The molecule has 1 nitrogen and oxygen atoms in total. The number of fused-ring (bicyclic) bond motifs is 1. The minimum atomic E-state index is 0.309. The highest BCUT2D eigenvalue weighted by atomic mass is 32.2. The quantitative estimate of drug-likeness (QED) is 0.680. The molecule has 1 heterocycles. The highest BCUT2D eigenvalue weighted by Crippen LogP contribution is 2.32. The zero-order chi connectivity index (χ0) is 9.26. The Morgan fingerprint density at radius 2 is 2.31 bits per heavy atom. The van der Waals surface area contributed by atoms with Crippen LogP contribution in [0.15, 0.2) is 23.1 Å². The van der Waals surface area contributed by atoms with Crippen LogP contribution in [0.4, 0.5) is 0 Å². The number of Topliss-reactive ketones (excluding diaryl/α,β-unsaturated/α-hetero) is 1. The summed E-state index contributed by atoms with van der Waals surface area (Å²) in [7, 11) is 0. The Morgan fingerprint density at radius 3 is 3.08 bits per heavy atom. The monoisotopic (exact) mass is 192 g/mol. The third-order valence-electron chi connectivity index (χ3n) is 2.35. The van der Waals surface area contributed by atoms with Crippen molar-refractivity contribution < 1.29 is 4.79 Å². The Kier molecular flexibility index (Phi) is 2.40. The molecule has 0 atom stereocenters. The van der Waals surface area contributed by atoms with Crippen LogP contribution >= 0.6 is 11.8 Å². The molecule has 0 saturated heterocycles. The summed E-state index contributed by atoms with van der Waals surface area (Å²) in [6.45, 7) is 2.13. The SMILES string of the molecule is CCc1cccc2c1SCCC2=O. The average Bonchev–Trinajstić information content (AvgIpc) is 2.18. The van der Waals surface area contributed by atoms with Gasteiger partial charge in [-0.2, -0.15) is 0 Å². The standard InChI is InChI=1S/C11H12OS/c1-2-8-4-3-5-9-10(12)6-7-13-11(8)9/h3-5H,2,6-7H2,1H3. The first-order valence-corrected chi connectivity index (χ1v) is 5.59. The summed E-state index contributed by atoms with van der Waals surface area (Å²) in [6, 6.07) is 6.05. The summed E-state index contributed by atoms with van der Waals surface area (Å²) in [5.74, 6) is 1.26. The fourth-order valence-corrected chi connectivity index (χ4v) is 2.86.